The largest absolute Gasteiger partial charge is 0.465 e. The molecule has 0 saturated heterocycles. The third-order valence-corrected chi connectivity index (χ3v) is 6.08. The molecule has 0 spiro atoms. The number of hydrogen-bond donors (Lipinski definition) is 3. The van der Waals surface area contributed by atoms with E-state index in [9.17, 15) is 9.59 Å². The Morgan fingerprint density at radius 2 is 1.96 bits per heavy atom. The number of ether oxygens (including phenoxy) is 1. The van der Waals surface area contributed by atoms with Crippen LogP contribution in [0.1, 0.15) is 49.9 Å². The van der Waals surface area contributed by atoms with Crippen molar-refractivity contribution >= 4 is 56.9 Å². The number of amides is 1. The lowest BCUT2D eigenvalue weighted by Crippen LogP contribution is -2.43. The van der Waals surface area contributed by atoms with Crippen LogP contribution >= 0.6 is 34.9 Å². The summed E-state index contributed by atoms with van der Waals surface area (Å²) in [5.41, 5.74) is 7.22. The van der Waals surface area contributed by atoms with E-state index < -0.39 is 5.97 Å². The van der Waals surface area contributed by atoms with E-state index in [0.29, 0.717) is 22.5 Å². The number of thiophene rings is 2. The van der Waals surface area contributed by atoms with Gasteiger partial charge in [-0.2, -0.15) is 0 Å². The lowest BCUT2D eigenvalue weighted by atomic mass is 10.1. The molecule has 0 bridgehead atoms. The van der Waals surface area contributed by atoms with E-state index in [-0.39, 0.29) is 11.0 Å². The summed E-state index contributed by atoms with van der Waals surface area (Å²) < 4.78 is 4.88. The number of aryl methyl sites for hydroxylation is 2. The Kier molecular flexibility index (Phi) is 7.13. The lowest BCUT2D eigenvalue weighted by Gasteiger charge is -2.11. The standard InChI is InChI=1S/C17H21N3O3S3/c1-5-11-7-10(8-25-11)14(21)19-20-17(24)18-15-13(16(22)23-4)12(6-2)9(3)26-15/h7-8H,5-6H2,1-4H3,(H,19,21)(H2,18,20,24). The number of carbonyl (C=O) groups is 2. The van der Waals surface area contributed by atoms with Gasteiger partial charge in [0.15, 0.2) is 5.11 Å². The zero-order chi connectivity index (χ0) is 19.3. The Morgan fingerprint density at radius 3 is 2.54 bits per heavy atom. The summed E-state index contributed by atoms with van der Waals surface area (Å²) in [4.78, 5) is 26.4. The van der Waals surface area contributed by atoms with Crippen molar-refractivity contribution in [1.82, 2.24) is 10.9 Å². The van der Waals surface area contributed by atoms with E-state index in [4.69, 9.17) is 17.0 Å². The molecule has 0 radical (unpaired) electrons. The highest BCUT2D eigenvalue weighted by atomic mass is 32.1. The van der Waals surface area contributed by atoms with E-state index in [0.717, 1.165) is 21.7 Å². The fraction of sp³-hybridized carbons (Fsp3) is 0.353. The number of nitrogens with one attached hydrogen (secondary N) is 3. The van der Waals surface area contributed by atoms with Gasteiger partial charge in [0.1, 0.15) is 5.00 Å². The van der Waals surface area contributed by atoms with Crippen LogP contribution in [0.2, 0.25) is 0 Å². The number of anilines is 1. The molecule has 2 aromatic heterocycles. The number of hydrazine groups is 1. The Labute approximate surface area is 165 Å². The molecule has 0 unspecified atom stereocenters. The van der Waals surface area contributed by atoms with Crippen LogP contribution in [0, 0.1) is 6.92 Å². The second-order valence-corrected chi connectivity index (χ2v) is 8.00. The zero-order valence-corrected chi connectivity index (χ0v) is 17.5. The van der Waals surface area contributed by atoms with Gasteiger partial charge in [-0.1, -0.05) is 13.8 Å². The van der Waals surface area contributed by atoms with E-state index in [2.05, 4.69) is 16.2 Å². The highest BCUT2D eigenvalue weighted by Crippen LogP contribution is 2.33. The van der Waals surface area contributed by atoms with Gasteiger partial charge in [-0.05, 0) is 43.6 Å². The van der Waals surface area contributed by atoms with Crippen molar-refractivity contribution in [3.8, 4) is 0 Å². The molecular weight excluding hydrogens is 390 g/mol. The lowest BCUT2D eigenvalue weighted by molar-refractivity contribution is 0.0601. The van der Waals surface area contributed by atoms with Crippen LogP contribution in [0.25, 0.3) is 0 Å². The topological polar surface area (TPSA) is 79.5 Å². The van der Waals surface area contributed by atoms with E-state index >= 15 is 0 Å². The van der Waals surface area contributed by atoms with Crippen molar-refractivity contribution in [3.63, 3.8) is 0 Å². The molecule has 2 rings (SSSR count). The number of carbonyl (C=O) groups excluding carboxylic acids is 2. The molecule has 0 aliphatic heterocycles. The Hall–Kier alpha value is -1.97. The molecule has 0 aliphatic rings. The minimum Gasteiger partial charge on any atom is -0.465 e. The molecule has 1 amide bonds. The van der Waals surface area contributed by atoms with Gasteiger partial charge >= 0.3 is 5.97 Å². The highest BCUT2D eigenvalue weighted by molar-refractivity contribution is 7.80. The Balaban J connectivity index is 2.03. The normalized spacial score (nSPS) is 10.3. The van der Waals surface area contributed by atoms with Crippen LogP contribution < -0.4 is 16.2 Å². The second-order valence-electron chi connectivity index (χ2n) is 5.37. The summed E-state index contributed by atoms with van der Waals surface area (Å²) in [7, 11) is 1.35. The Bertz CT molecular complexity index is 827. The predicted molar refractivity (Wildman–Crippen MR) is 110 cm³/mol. The van der Waals surface area contributed by atoms with Crippen molar-refractivity contribution in [2.45, 2.75) is 33.6 Å². The first kappa shape index (κ1) is 20.3. The average molecular weight is 412 g/mol. The molecule has 0 saturated carbocycles. The third-order valence-electron chi connectivity index (χ3n) is 3.73. The summed E-state index contributed by atoms with van der Waals surface area (Å²) in [6.07, 6.45) is 1.60. The summed E-state index contributed by atoms with van der Waals surface area (Å²) >= 11 is 8.19. The van der Waals surface area contributed by atoms with E-state index in [1.54, 1.807) is 16.7 Å². The number of methoxy groups -OCH3 is 1. The van der Waals surface area contributed by atoms with Crippen LogP contribution in [0.4, 0.5) is 5.00 Å². The van der Waals surface area contributed by atoms with Gasteiger partial charge in [0, 0.05) is 15.1 Å². The van der Waals surface area contributed by atoms with Crippen molar-refractivity contribution in [2.24, 2.45) is 0 Å². The fourth-order valence-electron chi connectivity index (χ4n) is 2.42. The van der Waals surface area contributed by atoms with Crippen LogP contribution in [0.3, 0.4) is 0 Å². The third kappa shape index (κ3) is 4.60. The number of rotatable bonds is 5. The summed E-state index contributed by atoms with van der Waals surface area (Å²) in [5, 5.41) is 5.57. The van der Waals surface area contributed by atoms with E-state index in [1.807, 2.05) is 26.8 Å². The smallest absolute Gasteiger partial charge is 0.341 e. The van der Waals surface area contributed by atoms with Crippen LogP contribution in [-0.4, -0.2) is 24.1 Å². The fourth-order valence-corrected chi connectivity index (χ4v) is 4.59. The maximum absolute atomic E-state index is 12.1. The van der Waals surface area contributed by atoms with Crippen molar-refractivity contribution < 1.29 is 14.3 Å². The quantitative estimate of drug-likeness (QED) is 0.396. The van der Waals surface area contributed by atoms with Crippen LogP contribution in [0.15, 0.2) is 11.4 Å². The average Bonchev–Trinajstić information content (AvgIpc) is 3.23. The van der Waals surface area contributed by atoms with Gasteiger partial charge < -0.3 is 10.1 Å². The molecule has 0 aliphatic carbocycles. The second kappa shape index (κ2) is 9.11. The molecule has 2 aromatic rings. The summed E-state index contributed by atoms with van der Waals surface area (Å²) in [6.45, 7) is 5.96. The van der Waals surface area contributed by atoms with Gasteiger partial charge in [-0.15, -0.1) is 22.7 Å². The summed E-state index contributed by atoms with van der Waals surface area (Å²) in [6, 6.07) is 1.85. The van der Waals surface area contributed by atoms with Gasteiger partial charge in [0.2, 0.25) is 0 Å². The van der Waals surface area contributed by atoms with E-state index in [1.165, 1.54) is 18.4 Å². The monoisotopic (exact) mass is 411 g/mol. The first-order chi connectivity index (χ1) is 12.4. The molecule has 2 heterocycles. The SMILES string of the molecule is CCc1cc(C(=O)NNC(=S)Nc2sc(C)c(CC)c2C(=O)OC)cs1. The minimum absolute atomic E-state index is 0.193. The number of esters is 1. The predicted octanol–water partition coefficient (Wildman–Crippen LogP) is 3.66. The molecule has 0 fully saturated rings. The molecular formula is C17H21N3O3S3. The molecule has 26 heavy (non-hydrogen) atoms. The van der Waals surface area contributed by atoms with Crippen LogP contribution in [0.5, 0.6) is 0 Å². The van der Waals surface area contributed by atoms with Crippen LogP contribution in [-0.2, 0) is 17.6 Å². The molecule has 0 atom stereocenters. The maximum atomic E-state index is 12.1. The number of hydrogen-bond acceptors (Lipinski definition) is 6. The van der Waals surface area contributed by atoms with Crippen molar-refractivity contribution in [2.75, 3.05) is 12.4 Å². The van der Waals surface area contributed by atoms with Crippen molar-refractivity contribution in [1.29, 1.82) is 0 Å². The number of thiocarbonyl (C=S) groups is 1. The van der Waals surface area contributed by atoms with Gasteiger partial charge in [-0.3, -0.25) is 15.6 Å². The first-order valence-corrected chi connectivity index (χ1v) is 10.2. The van der Waals surface area contributed by atoms with Gasteiger partial charge in [0.25, 0.3) is 5.91 Å². The highest BCUT2D eigenvalue weighted by Gasteiger charge is 2.22. The molecule has 3 N–H and O–H groups in total. The van der Waals surface area contributed by atoms with Gasteiger partial charge in [-0.25, -0.2) is 4.79 Å². The maximum Gasteiger partial charge on any atom is 0.341 e. The molecule has 6 nitrogen and oxygen atoms in total. The molecule has 140 valence electrons. The van der Waals surface area contributed by atoms with Crippen molar-refractivity contribution in [3.05, 3.63) is 37.9 Å². The Morgan fingerprint density at radius 1 is 1.23 bits per heavy atom. The minimum atomic E-state index is -0.411. The molecule has 9 heteroatoms. The summed E-state index contributed by atoms with van der Waals surface area (Å²) in [5.74, 6) is -0.680. The van der Waals surface area contributed by atoms with Gasteiger partial charge in [0.05, 0.1) is 18.2 Å². The molecule has 0 aromatic carbocycles. The zero-order valence-electron chi connectivity index (χ0n) is 15.0. The first-order valence-electron chi connectivity index (χ1n) is 8.06.